The highest BCUT2D eigenvalue weighted by Crippen LogP contribution is 2.21. The van der Waals surface area contributed by atoms with E-state index in [4.69, 9.17) is 4.98 Å². The van der Waals surface area contributed by atoms with Gasteiger partial charge in [-0.2, -0.15) is 11.3 Å². The standard InChI is InChI=1S/C17H16N4S/c1-2-6-18-15(3-1)17-19-9-14-4-7-21(11-16(14)20-17)10-13-5-8-22-12-13/h1-3,5-6,8-9,12H,4,7,10-11H2. The van der Waals surface area contributed by atoms with E-state index in [0.29, 0.717) is 0 Å². The zero-order chi connectivity index (χ0) is 14.8. The highest BCUT2D eigenvalue weighted by Gasteiger charge is 2.19. The van der Waals surface area contributed by atoms with Crippen molar-refractivity contribution in [2.45, 2.75) is 19.5 Å². The molecule has 3 aromatic heterocycles. The molecule has 4 nitrogen and oxygen atoms in total. The Kier molecular flexibility index (Phi) is 3.66. The number of nitrogens with zero attached hydrogens (tertiary/aromatic N) is 4. The molecule has 0 bridgehead atoms. The maximum Gasteiger partial charge on any atom is 0.178 e. The Hall–Kier alpha value is -2.11. The van der Waals surface area contributed by atoms with Gasteiger partial charge < -0.3 is 0 Å². The maximum absolute atomic E-state index is 4.75. The average Bonchev–Trinajstić information content (AvgIpc) is 3.08. The molecule has 110 valence electrons. The zero-order valence-corrected chi connectivity index (χ0v) is 13.0. The number of hydrogen-bond acceptors (Lipinski definition) is 5. The van der Waals surface area contributed by atoms with E-state index in [9.17, 15) is 0 Å². The summed E-state index contributed by atoms with van der Waals surface area (Å²) in [6.45, 7) is 2.94. The Labute approximate surface area is 133 Å². The van der Waals surface area contributed by atoms with E-state index in [1.807, 2.05) is 24.4 Å². The van der Waals surface area contributed by atoms with E-state index < -0.39 is 0 Å². The lowest BCUT2D eigenvalue weighted by atomic mass is 10.1. The predicted molar refractivity (Wildman–Crippen MR) is 87.4 cm³/mol. The van der Waals surface area contributed by atoms with E-state index in [0.717, 1.165) is 43.3 Å². The number of aromatic nitrogens is 3. The largest absolute Gasteiger partial charge is 0.293 e. The lowest BCUT2D eigenvalue weighted by Crippen LogP contribution is -2.31. The van der Waals surface area contributed by atoms with E-state index in [-0.39, 0.29) is 0 Å². The van der Waals surface area contributed by atoms with Crippen LogP contribution >= 0.6 is 11.3 Å². The van der Waals surface area contributed by atoms with Crippen molar-refractivity contribution in [3.63, 3.8) is 0 Å². The van der Waals surface area contributed by atoms with E-state index in [1.165, 1.54) is 11.1 Å². The van der Waals surface area contributed by atoms with Gasteiger partial charge in [0.25, 0.3) is 0 Å². The highest BCUT2D eigenvalue weighted by molar-refractivity contribution is 7.07. The molecule has 0 fully saturated rings. The molecule has 0 radical (unpaired) electrons. The first-order valence-electron chi connectivity index (χ1n) is 7.38. The Bertz CT molecular complexity index is 756. The molecule has 0 aliphatic carbocycles. The first-order valence-corrected chi connectivity index (χ1v) is 8.32. The summed E-state index contributed by atoms with van der Waals surface area (Å²) in [6, 6.07) is 8.02. The van der Waals surface area contributed by atoms with Crippen molar-refractivity contribution in [1.29, 1.82) is 0 Å². The van der Waals surface area contributed by atoms with Crippen LogP contribution in [0, 0.1) is 0 Å². The average molecular weight is 308 g/mol. The molecule has 4 rings (SSSR count). The van der Waals surface area contributed by atoms with Crippen LogP contribution in [0.5, 0.6) is 0 Å². The Morgan fingerprint density at radius 3 is 3.00 bits per heavy atom. The summed E-state index contributed by atoms with van der Waals surface area (Å²) < 4.78 is 0. The minimum atomic E-state index is 0.719. The van der Waals surface area contributed by atoms with Crippen LogP contribution in [0.25, 0.3) is 11.5 Å². The van der Waals surface area contributed by atoms with Crippen molar-refractivity contribution >= 4 is 11.3 Å². The Morgan fingerprint density at radius 2 is 2.18 bits per heavy atom. The van der Waals surface area contributed by atoms with Crippen LogP contribution in [0.15, 0.2) is 47.4 Å². The Balaban J connectivity index is 1.58. The number of fused-ring (bicyclic) bond motifs is 1. The molecule has 0 unspecified atom stereocenters. The summed E-state index contributed by atoms with van der Waals surface area (Å²) >= 11 is 1.75. The molecule has 5 heteroatoms. The zero-order valence-electron chi connectivity index (χ0n) is 12.1. The monoisotopic (exact) mass is 308 g/mol. The topological polar surface area (TPSA) is 41.9 Å². The quantitative estimate of drug-likeness (QED) is 0.745. The second kappa shape index (κ2) is 5.94. The third-order valence-electron chi connectivity index (χ3n) is 3.91. The lowest BCUT2D eigenvalue weighted by molar-refractivity contribution is 0.241. The molecule has 0 saturated heterocycles. The molecule has 0 atom stereocenters. The third-order valence-corrected chi connectivity index (χ3v) is 4.64. The minimum Gasteiger partial charge on any atom is -0.293 e. The van der Waals surface area contributed by atoms with Crippen LogP contribution in [0.3, 0.4) is 0 Å². The van der Waals surface area contributed by atoms with Crippen molar-refractivity contribution in [2.75, 3.05) is 6.54 Å². The van der Waals surface area contributed by atoms with E-state index in [1.54, 1.807) is 17.5 Å². The summed E-state index contributed by atoms with van der Waals surface area (Å²) in [7, 11) is 0. The highest BCUT2D eigenvalue weighted by atomic mass is 32.1. The van der Waals surface area contributed by atoms with Gasteiger partial charge in [0.1, 0.15) is 5.69 Å². The van der Waals surface area contributed by atoms with Crippen LogP contribution in [0.4, 0.5) is 0 Å². The molecule has 0 spiro atoms. The SMILES string of the molecule is c1ccc(-c2ncc3c(n2)CN(Cc2ccsc2)CC3)nc1. The fourth-order valence-electron chi connectivity index (χ4n) is 2.75. The fourth-order valence-corrected chi connectivity index (χ4v) is 3.41. The molecule has 1 aliphatic rings. The van der Waals surface area contributed by atoms with Crippen LogP contribution in [-0.4, -0.2) is 26.4 Å². The normalized spacial score (nSPS) is 14.7. The Morgan fingerprint density at radius 1 is 1.18 bits per heavy atom. The first kappa shape index (κ1) is 13.5. The molecular weight excluding hydrogens is 292 g/mol. The molecular formula is C17H16N4S. The van der Waals surface area contributed by atoms with Crippen molar-refractivity contribution in [3.8, 4) is 11.5 Å². The molecule has 3 aromatic rings. The summed E-state index contributed by atoms with van der Waals surface area (Å²) in [4.78, 5) is 16.0. The van der Waals surface area contributed by atoms with Crippen molar-refractivity contribution in [3.05, 3.63) is 64.2 Å². The van der Waals surface area contributed by atoms with Gasteiger partial charge >= 0.3 is 0 Å². The molecule has 22 heavy (non-hydrogen) atoms. The molecule has 0 N–H and O–H groups in total. The van der Waals surface area contributed by atoms with Crippen molar-refractivity contribution in [1.82, 2.24) is 19.9 Å². The van der Waals surface area contributed by atoms with Crippen LogP contribution in [-0.2, 0) is 19.5 Å². The smallest absolute Gasteiger partial charge is 0.178 e. The van der Waals surface area contributed by atoms with E-state index in [2.05, 4.69) is 31.7 Å². The van der Waals surface area contributed by atoms with E-state index >= 15 is 0 Å². The number of hydrogen-bond donors (Lipinski definition) is 0. The minimum absolute atomic E-state index is 0.719. The second-order valence-electron chi connectivity index (χ2n) is 5.47. The van der Waals surface area contributed by atoms with Crippen molar-refractivity contribution < 1.29 is 0 Å². The summed E-state index contributed by atoms with van der Waals surface area (Å²) in [5.74, 6) is 0.719. The summed E-state index contributed by atoms with van der Waals surface area (Å²) in [5, 5.41) is 4.35. The molecule has 1 aliphatic heterocycles. The fraction of sp³-hybridized carbons (Fsp3) is 0.235. The summed E-state index contributed by atoms with van der Waals surface area (Å²) in [5.41, 5.74) is 4.62. The van der Waals surface area contributed by atoms with Crippen LogP contribution < -0.4 is 0 Å². The van der Waals surface area contributed by atoms with Crippen LogP contribution in [0.2, 0.25) is 0 Å². The summed E-state index contributed by atoms with van der Waals surface area (Å²) in [6.07, 6.45) is 4.76. The molecule has 4 heterocycles. The van der Waals surface area contributed by atoms with Gasteiger partial charge in [-0.25, -0.2) is 9.97 Å². The van der Waals surface area contributed by atoms with Gasteiger partial charge in [0.05, 0.1) is 5.69 Å². The molecule has 0 saturated carbocycles. The van der Waals surface area contributed by atoms with Gasteiger partial charge in [0.15, 0.2) is 5.82 Å². The first-order chi connectivity index (χ1) is 10.9. The maximum atomic E-state index is 4.75. The van der Waals surface area contributed by atoms with Gasteiger partial charge in [-0.3, -0.25) is 9.88 Å². The van der Waals surface area contributed by atoms with Gasteiger partial charge in [-0.1, -0.05) is 6.07 Å². The molecule has 0 amide bonds. The van der Waals surface area contributed by atoms with Gasteiger partial charge in [0.2, 0.25) is 0 Å². The molecule has 0 aromatic carbocycles. The van der Waals surface area contributed by atoms with Gasteiger partial charge in [0, 0.05) is 32.0 Å². The van der Waals surface area contributed by atoms with Crippen LogP contribution in [0.1, 0.15) is 16.8 Å². The van der Waals surface area contributed by atoms with Gasteiger partial charge in [-0.05, 0) is 46.5 Å². The number of rotatable bonds is 3. The van der Waals surface area contributed by atoms with Gasteiger partial charge in [-0.15, -0.1) is 0 Å². The third kappa shape index (κ3) is 2.77. The number of thiophene rings is 1. The number of pyridine rings is 1. The predicted octanol–water partition coefficient (Wildman–Crippen LogP) is 3.16. The van der Waals surface area contributed by atoms with Crippen molar-refractivity contribution in [2.24, 2.45) is 0 Å². The second-order valence-corrected chi connectivity index (χ2v) is 6.25. The lowest BCUT2D eigenvalue weighted by Gasteiger charge is -2.27.